The minimum atomic E-state index is -1.70. The van der Waals surface area contributed by atoms with Crippen molar-refractivity contribution in [2.45, 2.75) is 83.8 Å². The summed E-state index contributed by atoms with van der Waals surface area (Å²) in [6.07, 6.45) is 11.5. The lowest BCUT2D eigenvalue weighted by Crippen LogP contribution is -2.26. The molecule has 0 aromatic heterocycles. The van der Waals surface area contributed by atoms with Gasteiger partial charge in [-0.25, -0.2) is 4.79 Å². The molecule has 0 radical (unpaired) electrons. The third-order valence-electron chi connectivity index (χ3n) is 3.78. The fourth-order valence-electron chi connectivity index (χ4n) is 2.76. The lowest BCUT2D eigenvalue weighted by atomic mass is 9.99. The van der Waals surface area contributed by atoms with Crippen molar-refractivity contribution < 1.29 is 14.0 Å². The van der Waals surface area contributed by atoms with Crippen molar-refractivity contribution in [3.05, 3.63) is 11.3 Å². The van der Waals surface area contributed by atoms with E-state index in [9.17, 15) is 4.79 Å². The van der Waals surface area contributed by atoms with E-state index in [4.69, 9.17) is 9.16 Å². The molecule has 122 valence electrons. The van der Waals surface area contributed by atoms with Crippen LogP contribution >= 0.6 is 0 Å². The maximum absolute atomic E-state index is 12.1. The molecule has 0 unspecified atom stereocenters. The Morgan fingerprint density at radius 3 is 1.81 bits per heavy atom. The van der Waals surface area contributed by atoms with Crippen LogP contribution in [0.2, 0.25) is 19.6 Å². The van der Waals surface area contributed by atoms with E-state index >= 15 is 0 Å². The van der Waals surface area contributed by atoms with Gasteiger partial charge in [-0.3, -0.25) is 0 Å². The second-order valence-corrected chi connectivity index (χ2v) is 11.4. The van der Waals surface area contributed by atoms with Crippen LogP contribution in [0.1, 0.15) is 64.2 Å². The summed E-state index contributed by atoms with van der Waals surface area (Å²) in [6.45, 7) is 6.51. The maximum atomic E-state index is 12.1. The molecule has 3 nitrogen and oxygen atoms in total. The van der Waals surface area contributed by atoms with Gasteiger partial charge in [0.2, 0.25) is 8.32 Å². The van der Waals surface area contributed by atoms with Gasteiger partial charge in [0.05, 0.1) is 18.4 Å². The number of rotatable bonds is 3. The van der Waals surface area contributed by atoms with Crippen LogP contribution in [0.15, 0.2) is 11.3 Å². The van der Waals surface area contributed by atoms with Gasteiger partial charge in [0.1, 0.15) is 0 Å². The first-order valence-electron chi connectivity index (χ1n) is 8.43. The van der Waals surface area contributed by atoms with Crippen molar-refractivity contribution in [2.75, 3.05) is 7.11 Å². The fourth-order valence-corrected chi connectivity index (χ4v) is 3.72. The lowest BCUT2D eigenvalue weighted by Gasteiger charge is -2.24. The molecule has 0 aliphatic heterocycles. The predicted octanol–water partition coefficient (Wildman–Crippen LogP) is 5.18. The number of hydrogen-bond donors (Lipinski definition) is 0. The molecule has 0 saturated carbocycles. The maximum Gasteiger partial charge on any atom is 0.337 e. The van der Waals surface area contributed by atoms with Crippen LogP contribution in [-0.4, -0.2) is 21.4 Å². The molecule has 0 atom stereocenters. The quantitative estimate of drug-likeness (QED) is 0.532. The first-order valence-corrected chi connectivity index (χ1v) is 11.8. The lowest BCUT2D eigenvalue weighted by molar-refractivity contribution is -0.136. The Labute approximate surface area is 131 Å². The summed E-state index contributed by atoms with van der Waals surface area (Å²) in [6, 6.07) is 0. The molecule has 0 bridgehead atoms. The van der Waals surface area contributed by atoms with E-state index in [0.29, 0.717) is 0 Å². The van der Waals surface area contributed by atoms with E-state index in [1.807, 2.05) is 0 Å². The van der Waals surface area contributed by atoms with Gasteiger partial charge in [0, 0.05) is 6.42 Å². The van der Waals surface area contributed by atoms with E-state index < -0.39 is 8.32 Å². The highest BCUT2D eigenvalue weighted by atomic mass is 28.4. The van der Waals surface area contributed by atoms with Crippen molar-refractivity contribution in [3.8, 4) is 0 Å². The molecular formula is C17H32O3Si. The Morgan fingerprint density at radius 2 is 1.33 bits per heavy atom. The molecule has 0 amide bonds. The predicted molar refractivity (Wildman–Crippen MR) is 89.6 cm³/mol. The molecule has 0 N–H and O–H groups in total. The van der Waals surface area contributed by atoms with Gasteiger partial charge in [-0.2, -0.15) is 0 Å². The first-order chi connectivity index (χ1) is 9.94. The molecular weight excluding hydrogens is 280 g/mol. The van der Waals surface area contributed by atoms with Crippen LogP contribution in [0.25, 0.3) is 0 Å². The summed E-state index contributed by atoms with van der Waals surface area (Å²) in [7, 11) is -0.231. The van der Waals surface area contributed by atoms with E-state index in [2.05, 4.69) is 19.6 Å². The average molecular weight is 313 g/mol. The molecule has 1 aliphatic rings. The largest absolute Gasteiger partial charge is 0.547 e. The van der Waals surface area contributed by atoms with E-state index in [0.717, 1.165) is 37.0 Å². The molecule has 0 fully saturated rings. The van der Waals surface area contributed by atoms with Gasteiger partial charge in [-0.05, 0) is 38.9 Å². The van der Waals surface area contributed by atoms with E-state index in [1.165, 1.54) is 45.6 Å². The van der Waals surface area contributed by atoms with Gasteiger partial charge in [-0.1, -0.05) is 38.5 Å². The Bertz CT molecular complexity index is 356. The highest BCUT2D eigenvalue weighted by Gasteiger charge is 2.23. The highest BCUT2D eigenvalue weighted by Crippen LogP contribution is 2.26. The highest BCUT2D eigenvalue weighted by molar-refractivity contribution is 6.70. The van der Waals surface area contributed by atoms with E-state index in [-0.39, 0.29) is 5.97 Å². The molecule has 0 heterocycles. The third-order valence-corrected chi connectivity index (χ3v) is 4.64. The van der Waals surface area contributed by atoms with Gasteiger partial charge in [-0.15, -0.1) is 0 Å². The van der Waals surface area contributed by atoms with Crippen LogP contribution in [0, 0.1) is 0 Å². The molecule has 0 spiro atoms. The van der Waals surface area contributed by atoms with Crippen LogP contribution in [0.4, 0.5) is 0 Å². The minimum Gasteiger partial charge on any atom is -0.547 e. The fraction of sp³-hybridized carbons (Fsp3) is 0.824. The minimum absolute atomic E-state index is 0.194. The number of carbonyl (C=O) groups is 1. The van der Waals surface area contributed by atoms with Crippen LogP contribution in [0.3, 0.4) is 0 Å². The van der Waals surface area contributed by atoms with Crippen molar-refractivity contribution >= 4 is 14.3 Å². The SMILES string of the molecule is COC(=O)/C1=C(\O[Si](C)(C)C)CCCCCCCCCC1. The Morgan fingerprint density at radius 1 is 0.857 bits per heavy atom. The Hall–Kier alpha value is -0.773. The summed E-state index contributed by atoms with van der Waals surface area (Å²) in [5, 5.41) is 0. The smallest absolute Gasteiger partial charge is 0.337 e. The zero-order chi connectivity index (χ0) is 15.7. The summed E-state index contributed by atoms with van der Waals surface area (Å²) in [5.74, 6) is 0.724. The zero-order valence-corrected chi connectivity index (χ0v) is 15.3. The standard InChI is InChI=1S/C17H32O3Si/c1-19-17(18)15-13-11-9-7-5-6-8-10-12-14-16(15)20-21(2,3)4/h5-14H2,1-4H3/b16-15-. The average Bonchev–Trinajstić information content (AvgIpc) is 2.40. The number of ether oxygens (including phenoxy) is 1. The molecule has 0 aromatic rings. The summed E-state index contributed by atoms with van der Waals surface area (Å²) in [4.78, 5) is 12.1. The van der Waals surface area contributed by atoms with Gasteiger partial charge >= 0.3 is 5.97 Å². The third kappa shape index (κ3) is 7.70. The van der Waals surface area contributed by atoms with Gasteiger partial charge in [0.25, 0.3) is 0 Å². The topological polar surface area (TPSA) is 35.5 Å². The number of hydrogen-bond acceptors (Lipinski definition) is 3. The summed E-state index contributed by atoms with van der Waals surface area (Å²) in [5.41, 5.74) is 0.792. The monoisotopic (exact) mass is 312 g/mol. The Balaban J connectivity index is 2.92. The number of methoxy groups -OCH3 is 1. The van der Waals surface area contributed by atoms with Gasteiger partial charge in [0.15, 0.2) is 0 Å². The zero-order valence-electron chi connectivity index (χ0n) is 14.3. The van der Waals surface area contributed by atoms with Gasteiger partial charge < -0.3 is 9.16 Å². The number of carbonyl (C=O) groups excluding carboxylic acids is 1. The first kappa shape index (κ1) is 18.3. The van der Waals surface area contributed by atoms with E-state index in [1.54, 1.807) is 0 Å². The number of allylic oxidation sites excluding steroid dienone is 1. The van der Waals surface area contributed by atoms with Crippen LogP contribution in [0.5, 0.6) is 0 Å². The molecule has 1 aliphatic carbocycles. The van der Waals surface area contributed by atoms with Crippen molar-refractivity contribution in [1.82, 2.24) is 0 Å². The second kappa shape index (κ2) is 9.29. The number of esters is 1. The molecule has 4 heteroatoms. The van der Waals surface area contributed by atoms with Crippen molar-refractivity contribution in [1.29, 1.82) is 0 Å². The molecule has 0 saturated heterocycles. The molecule has 21 heavy (non-hydrogen) atoms. The Kier molecular flexibility index (Phi) is 8.08. The normalized spacial score (nSPS) is 22.9. The molecule has 1 rings (SSSR count). The van der Waals surface area contributed by atoms with Crippen molar-refractivity contribution in [2.24, 2.45) is 0 Å². The van der Waals surface area contributed by atoms with Crippen LogP contribution < -0.4 is 0 Å². The summed E-state index contributed by atoms with van der Waals surface area (Å²) >= 11 is 0. The van der Waals surface area contributed by atoms with Crippen molar-refractivity contribution in [3.63, 3.8) is 0 Å². The molecule has 0 aromatic carbocycles. The summed E-state index contributed by atoms with van der Waals surface area (Å²) < 4.78 is 11.2. The van der Waals surface area contributed by atoms with Crippen LogP contribution in [-0.2, 0) is 14.0 Å². The second-order valence-electron chi connectivity index (χ2n) is 6.94.